The van der Waals surface area contributed by atoms with E-state index < -0.39 is 0 Å². The fourth-order valence-electron chi connectivity index (χ4n) is 1.90. The van der Waals surface area contributed by atoms with Gasteiger partial charge in [-0.2, -0.15) is 0 Å². The quantitative estimate of drug-likeness (QED) is 0.627. The van der Waals surface area contributed by atoms with Crippen molar-refractivity contribution >= 4 is 0 Å². The molecule has 0 fully saturated rings. The van der Waals surface area contributed by atoms with Gasteiger partial charge in [0.15, 0.2) is 0 Å². The molecule has 3 N–H and O–H groups in total. The summed E-state index contributed by atoms with van der Waals surface area (Å²) in [5, 5.41) is 0. The Morgan fingerprint density at radius 3 is 2.61 bits per heavy atom. The van der Waals surface area contributed by atoms with Crippen LogP contribution in [0.25, 0.3) is 0 Å². The van der Waals surface area contributed by atoms with Gasteiger partial charge in [-0.1, -0.05) is 17.7 Å². The number of methoxy groups -OCH3 is 1. The van der Waals surface area contributed by atoms with Crippen molar-refractivity contribution in [3.8, 4) is 5.75 Å². The molecule has 0 aliphatic rings. The lowest BCUT2D eigenvalue weighted by Crippen LogP contribution is -2.29. The minimum absolute atomic E-state index is 0.193. The molecule has 1 heterocycles. The zero-order chi connectivity index (χ0) is 13.0. The van der Waals surface area contributed by atoms with Crippen LogP contribution in [0.1, 0.15) is 22.7 Å². The molecule has 0 radical (unpaired) electrons. The molecule has 94 valence electrons. The molecule has 0 spiro atoms. The number of hydrazine groups is 1. The predicted octanol–water partition coefficient (Wildman–Crippen LogP) is 1.35. The van der Waals surface area contributed by atoms with E-state index in [4.69, 9.17) is 10.6 Å². The number of hydrogen-bond acceptors (Lipinski definition) is 5. The first-order chi connectivity index (χ1) is 8.76. The minimum Gasteiger partial charge on any atom is -0.496 e. The van der Waals surface area contributed by atoms with Crippen molar-refractivity contribution in [1.29, 1.82) is 0 Å². The summed E-state index contributed by atoms with van der Waals surface area (Å²) in [6.45, 7) is 2.03. The number of rotatable bonds is 4. The van der Waals surface area contributed by atoms with Crippen molar-refractivity contribution in [2.75, 3.05) is 7.11 Å². The van der Waals surface area contributed by atoms with Crippen molar-refractivity contribution in [2.24, 2.45) is 5.84 Å². The summed E-state index contributed by atoms with van der Waals surface area (Å²) in [4.78, 5) is 8.02. The lowest BCUT2D eigenvalue weighted by molar-refractivity contribution is 0.404. The first-order valence-electron chi connectivity index (χ1n) is 5.62. The van der Waals surface area contributed by atoms with Crippen molar-refractivity contribution in [3.05, 3.63) is 53.6 Å². The van der Waals surface area contributed by atoms with Gasteiger partial charge in [0.1, 0.15) is 12.1 Å². The van der Waals surface area contributed by atoms with Crippen LogP contribution < -0.4 is 16.0 Å². The number of ether oxygens (including phenoxy) is 1. The Balaban J connectivity index is 2.48. The molecule has 0 saturated carbocycles. The molecular weight excluding hydrogens is 228 g/mol. The highest BCUT2D eigenvalue weighted by molar-refractivity contribution is 5.42. The second-order valence-electron chi connectivity index (χ2n) is 4.02. The molecular formula is C13H16N4O. The van der Waals surface area contributed by atoms with Gasteiger partial charge in [0.25, 0.3) is 0 Å². The van der Waals surface area contributed by atoms with Gasteiger partial charge in [0, 0.05) is 23.5 Å². The topological polar surface area (TPSA) is 73.1 Å². The molecule has 1 aromatic carbocycles. The largest absolute Gasteiger partial charge is 0.496 e. The molecule has 5 nitrogen and oxygen atoms in total. The molecule has 0 bridgehead atoms. The summed E-state index contributed by atoms with van der Waals surface area (Å²) in [7, 11) is 1.64. The Kier molecular flexibility index (Phi) is 3.86. The molecule has 0 saturated heterocycles. The fourth-order valence-corrected chi connectivity index (χ4v) is 1.90. The van der Waals surface area contributed by atoms with Gasteiger partial charge in [-0.25, -0.2) is 15.4 Å². The zero-order valence-corrected chi connectivity index (χ0v) is 10.4. The Bertz CT molecular complexity index is 516. The monoisotopic (exact) mass is 244 g/mol. The van der Waals surface area contributed by atoms with E-state index in [1.165, 1.54) is 6.33 Å². The average Bonchev–Trinajstić information content (AvgIpc) is 2.41. The Morgan fingerprint density at radius 1 is 1.28 bits per heavy atom. The Labute approximate surface area is 106 Å². The maximum Gasteiger partial charge on any atom is 0.124 e. The van der Waals surface area contributed by atoms with E-state index in [0.29, 0.717) is 0 Å². The molecule has 18 heavy (non-hydrogen) atoms. The van der Waals surface area contributed by atoms with E-state index in [-0.39, 0.29) is 6.04 Å². The summed E-state index contributed by atoms with van der Waals surface area (Å²) in [6, 6.07) is 5.77. The zero-order valence-electron chi connectivity index (χ0n) is 10.4. The van der Waals surface area contributed by atoms with Gasteiger partial charge in [0.2, 0.25) is 0 Å². The second-order valence-corrected chi connectivity index (χ2v) is 4.02. The number of nitrogens with zero attached hydrogens (tertiary/aromatic N) is 2. The highest BCUT2D eigenvalue weighted by Gasteiger charge is 2.17. The first kappa shape index (κ1) is 12.5. The molecule has 2 rings (SSSR count). The van der Waals surface area contributed by atoms with Gasteiger partial charge in [0.05, 0.1) is 13.2 Å². The van der Waals surface area contributed by atoms with Crippen LogP contribution in [0.15, 0.2) is 36.9 Å². The SMILES string of the molecule is COc1ccc(C)cc1C(NN)c1cncnc1. The smallest absolute Gasteiger partial charge is 0.124 e. The Hall–Kier alpha value is -1.98. The van der Waals surface area contributed by atoms with E-state index >= 15 is 0 Å². The fraction of sp³-hybridized carbons (Fsp3) is 0.231. The molecule has 0 amide bonds. The number of aromatic nitrogens is 2. The van der Waals surface area contributed by atoms with E-state index in [0.717, 1.165) is 22.4 Å². The van der Waals surface area contributed by atoms with Crippen LogP contribution in [0.2, 0.25) is 0 Å². The van der Waals surface area contributed by atoms with E-state index in [2.05, 4.69) is 15.4 Å². The van der Waals surface area contributed by atoms with E-state index in [9.17, 15) is 0 Å². The summed E-state index contributed by atoms with van der Waals surface area (Å²) < 4.78 is 5.37. The van der Waals surface area contributed by atoms with Crippen LogP contribution in [0.4, 0.5) is 0 Å². The molecule has 1 aromatic heterocycles. The van der Waals surface area contributed by atoms with Crippen molar-refractivity contribution < 1.29 is 4.74 Å². The second kappa shape index (κ2) is 5.57. The summed E-state index contributed by atoms with van der Waals surface area (Å²) in [6.07, 6.45) is 4.96. The molecule has 2 aromatic rings. The average molecular weight is 244 g/mol. The summed E-state index contributed by atoms with van der Waals surface area (Å²) >= 11 is 0. The molecule has 0 aliphatic carbocycles. The highest BCUT2D eigenvalue weighted by atomic mass is 16.5. The molecule has 1 unspecified atom stereocenters. The maximum atomic E-state index is 5.65. The van der Waals surface area contributed by atoms with Crippen molar-refractivity contribution in [3.63, 3.8) is 0 Å². The summed E-state index contributed by atoms with van der Waals surface area (Å²) in [5.74, 6) is 6.43. The van der Waals surface area contributed by atoms with Gasteiger partial charge < -0.3 is 4.74 Å². The van der Waals surface area contributed by atoms with Crippen LogP contribution in [-0.2, 0) is 0 Å². The standard InChI is InChI=1S/C13H16N4O/c1-9-3-4-12(18-2)11(5-9)13(17-14)10-6-15-8-16-7-10/h3-8,13,17H,14H2,1-2H3. The van der Waals surface area contributed by atoms with Crippen molar-refractivity contribution in [1.82, 2.24) is 15.4 Å². The Morgan fingerprint density at radius 2 is 2.00 bits per heavy atom. The van der Waals surface area contributed by atoms with Gasteiger partial charge in [-0.3, -0.25) is 5.84 Å². The van der Waals surface area contributed by atoms with Crippen LogP contribution in [-0.4, -0.2) is 17.1 Å². The van der Waals surface area contributed by atoms with E-state index in [1.54, 1.807) is 19.5 Å². The number of nitrogens with two attached hydrogens (primary N) is 1. The molecule has 5 heteroatoms. The number of benzene rings is 1. The third-order valence-corrected chi connectivity index (χ3v) is 2.78. The lowest BCUT2D eigenvalue weighted by Gasteiger charge is -2.19. The minimum atomic E-state index is -0.193. The third-order valence-electron chi connectivity index (χ3n) is 2.78. The number of aryl methyl sites for hydroxylation is 1. The molecule has 0 aliphatic heterocycles. The summed E-state index contributed by atoms with van der Waals surface area (Å²) in [5.41, 5.74) is 5.78. The van der Waals surface area contributed by atoms with Gasteiger partial charge in [-0.05, 0) is 13.0 Å². The van der Waals surface area contributed by atoms with Crippen LogP contribution in [0.3, 0.4) is 0 Å². The van der Waals surface area contributed by atoms with Crippen LogP contribution >= 0.6 is 0 Å². The lowest BCUT2D eigenvalue weighted by atomic mass is 9.99. The van der Waals surface area contributed by atoms with Gasteiger partial charge in [-0.15, -0.1) is 0 Å². The van der Waals surface area contributed by atoms with Crippen LogP contribution in [0, 0.1) is 6.92 Å². The maximum absolute atomic E-state index is 5.65. The normalized spacial score (nSPS) is 12.2. The van der Waals surface area contributed by atoms with Crippen molar-refractivity contribution in [2.45, 2.75) is 13.0 Å². The van der Waals surface area contributed by atoms with Crippen LogP contribution in [0.5, 0.6) is 5.75 Å². The van der Waals surface area contributed by atoms with Gasteiger partial charge >= 0.3 is 0 Å². The third kappa shape index (κ3) is 2.47. The first-order valence-corrected chi connectivity index (χ1v) is 5.62. The molecule has 1 atom stereocenters. The highest BCUT2D eigenvalue weighted by Crippen LogP contribution is 2.29. The predicted molar refractivity (Wildman–Crippen MR) is 68.9 cm³/mol. The van der Waals surface area contributed by atoms with E-state index in [1.807, 2.05) is 25.1 Å². The number of hydrogen-bond donors (Lipinski definition) is 2. The number of nitrogens with one attached hydrogen (secondary N) is 1.